The van der Waals surface area contributed by atoms with E-state index in [-0.39, 0.29) is 47.5 Å². The second kappa shape index (κ2) is 13.0. The van der Waals surface area contributed by atoms with Crippen molar-refractivity contribution >= 4 is 44.9 Å². The van der Waals surface area contributed by atoms with Gasteiger partial charge in [-0.3, -0.25) is 9.52 Å². The molecule has 0 radical (unpaired) electrons. The lowest BCUT2D eigenvalue weighted by Crippen LogP contribution is -2.50. The van der Waals surface area contributed by atoms with Crippen molar-refractivity contribution in [3.05, 3.63) is 83.1 Å². The molecule has 0 aliphatic carbocycles. The van der Waals surface area contributed by atoms with Crippen LogP contribution in [0.5, 0.6) is 5.75 Å². The molecule has 3 aromatic rings. The van der Waals surface area contributed by atoms with E-state index >= 15 is 0 Å². The van der Waals surface area contributed by atoms with E-state index in [0.29, 0.717) is 10.7 Å². The van der Waals surface area contributed by atoms with Crippen LogP contribution >= 0.6 is 11.6 Å². The fraction of sp³-hybridized carbons (Fsp3) is 0.310. The Morgan fingerprint density at radius 2 is 1.83 bits per heavy atom. The van der Waals surface area contributed by atoms with Crippen LogP contribution in [0.2, 0.25) is 5.02 Å². The number of rotatable bonds is 8. The van der Waals surface area contributed by atoms with Gasteiger partial charge in [-0.05, 0) is 67.6 Å². The number of aliphatic hydroxyl groups excluding tert-OH is 1. The van der Waals surface area contributed by atoms with Crippen LogP contribution in [0.4, 0.5) is 20.6 Å². The fourth-order valence-electron chi connectivity index (χ4n) is 4.46. The summed E-state index contributed by atoms with van der Waals surface area (Å²) in [6.45, 7) is 3.52. The van der Waals surface area contributed by atoms with Crippen LogP contribution in [0.1, 0.15) is 24.2 Å². The molecule has 1 heterocycles. The molecule has 3 aromatic carbocycles. The van der Waals surface area contributed by atoms with Gasteiger partial charge in [0.25, 0.3) is 15.9 Å². The Labute approximate surface area is 249 Å². The highest BCUT2D eigenvalue weighted by molar-refractivity contribution is 7.92. The summed E-state index contributed by atoms with van der Waals surface area (Å²) in [6.07, 6.45) is -0.699. The molecule has 0 saturated heterocycles. The van der Waals surface area contributed by atoms with Crippen molar-refractivity contribution in [2.45, 2.75) is 30.9 Å². The normalized spacial score (nSPS) is 17.8. The van der Waals surface area contributed by atoms with Gasteiger partial charge >= 0.3 is 6.03 Å². The number of halogens is 2. The summed E-state index contributed by atoms with van der Waals surface area (Å²) < 4.78 is 48.7. The predicted octanol–water partition coefficient (Wildman–Crippen LogP) is 4.66. The highest BCUT2D eigenvalue weighted by Gasteiger charge is 2.35. The van der Waals surface area contributed by atoms with Gasteiger partial charge in [0.15, 0.2) is 5.75 Å². The third kappa shape index (κ3) is 7.12. The second-order valence-corrected chi connectivity index (χ2v) is 12.3. The van der Waals surface area contributed by atoms with Crippen LogP contribution in [-0.4, -0.2) is 74.2 Å². The zero-order valence-electron chi connectivity index (χ0n) is 23.3. The molecule has 1 aliphatic heterocycles. The average Bonchev–Trinajstić information content (AvgIpc) is 2.96. The summed E-state index contributed by atoms with van der Waals surface area (Å²) in [6, 6.07) is 14.4. The summed E-state index contributed by atoms with van der Waals surface area (Å²) in [5.74, 6) is -1.22. The molecule has 3 amide bonds. The summed E-state index contributed by atoms with van der Waals surface area (Å²) in [5, 5.41) is 12.9. The highest BCUT2D eigenvalue weighted by Crippen LogP contribution is 2.36. The molecule has 3 atom stereocenters. The van der Waals surface area contributed by atoms with Crippen molar-refractivity contribution in [2.75, 3.05) is 36.8 Å². The van der Waals surface area contributed by atoms with Gasteiger partial charge in [-0.2, -0.15) is 0 Å². The maximum atomic E-state index is 13.7. The van der Waals surface area contributed by atoms with Gasteiger partial charge in [-0.15, -0.1) is 0 Å². The first kappa shape index (κ1) is 31.1. The molecule has 0 spiro atoms. The van der Waals surface area contributed by atoms with Gasteiger partial charge in [0.1, 0.15) is 11.9 Å². The van der Waals surface area contributed by atoms with Gasteiger partial charge < -0.3 is 25.0 Å². The lowest BCUT2D eigenvalue weighted by atomic mass is 9.99. The summed E-state index contributed by atoms with van der Waals surface area (Å²) in [5.41, 5.74) is 0.532. The number of ether oxygens (including phenoxy) is 1. The number of urea groups is 1. The molecule has 42 heavy (non-hydrogen) atoms. The number of hydrogen-bond acceptors (Lipinski definition) is 6. The first-order chi connectivity index (χ1) is 19.9. The Bertz CT molecular complexity index is 1540. The third-order valence-corrected chi connectivity index (χ3v) is 8.59. The molecule has 0 bridgehead atoms. The van der Waals surface area contributed by atoms with Crippen molar-refractivity contribution in [3.63, 3.8) is 0 Å². The predicted molar refractivity (Wildman–Crippen MR) is 158 cm³/mol. The fourth-order valence-corrected chi connectivity index (χ4v) is 5.65. The molecular formula is C29H32ClFN4O6S. The smallest absolute Gasteiger partial charge is 0.321 e. The number of aliphatic hydroxyl groups is 1. The van der Waals surface area contributed by atoms with Crippen LogP contribution in [-0.2, 0) is 10.0 Å². The lowest BCUT2D eigenvalue weighted by Gasteiger charge is -2.38. The molecule has 4 rings (SSSR count). The SMILES string of the molecule is C[C@@H]1CN([C@H](C)CO)C(=O)c2cccc(NS(=O)(=O)c3ccc(Cl)cc3)c2O[C@@H]1CN(C)C(=O)Nc1ccc(F)cc1. The first-order valence-electron chi connectivity index (χ1n) is 13.2. The number of hydrogen-bond donors (Lipinski definition) is 3. The lowest BCUT2D eigenvalue weighted by molar-refractivity contribution is 0.0373. The molecular weight excluding hydrogens is 587 g/mol. The van der Waals surface area contributed by atoms with E-state index in [2.05, 4.69) is 10.0 Å². The molecule has 0 saturated carbocycles. The van der Waals surface area contributed by atoms with E-state index in [0.717, 1.165) is 0 Å². The summed E-state index contributed by atoms with van der Waals surface area (Å²) in [7, 11) is -2.54. The van der Waals surface area contributed by atoms with Crippen molar-refractivity contribution in [3.8, 4) is 5.75 Å². The van der Waals surface area contributed by atoms with E-state index in [1.54, 1.807) is 14.0 Å². The number of amides is 3. The Morgan fingerprint density at radius 3 is 2.48 bits per heavy atom. The standard InChI is InChI=1S/C29H32ClFN4O6S/c1-18-15-35(19(2)17-36)28(37)24-5-4-6-25(33-42(39,40)23-13-7-20(30)8-14-23)27(24)41-26(18)16-34(3)29(38)32-22-11-9-21(31)10-12-22/h4-14,18-19,26,33,36H,15-17H2,1-3H3,(H,32,38)/t18-,19-,26-/m1/s1. The van der Waals surface area contributed by atoms with E-state index in [4.69, 9.17) is 16.3 Å². The van der Waals surface area contributed by atoms with Crippen LogP contribution in [0.15, 0.2) is 71.6 Å². The molecule has 224 valence electrons. The largest absolute Gasteiger partial charge is 0.485 e. The minimum atomic E-state index is -4.10. The minimum absolute atomic E-state index is 0.000860. The number of sulfonamides is 1. The average molecular weight is 619 g/mol. The number of carbonyl (C=O) groups is 2. The number of likely N-dealkylation sites (N-methyl/N-ethyl adjacent to an activating group) is 1. The quantitative estimate of drug-likeness (QED) is 0.337. The topological polar surface area (TPSA) is 128 Å². The van der Waals surface area contributed by atoms with Crippen LogP contribution in [0.3, 0.4) is 0 Å². The second-order valence-electron chi connectivity index (χ2n) is 10.2. The number of para-hydroxylation sites is 1. The summed E-state index contributed by atoms with van der Waals surface area (Å²) in [4.78, 5) is 29.5. The maximum Gasteiger partial charge on any atom is 0.321 e. The van der Waals surface area contributed by atoms with Gasteiger partial charge in [-0.25, -0.2) is 17.6 Å². The Morgan fingerprint density at radius 1 is 1.17 bits per heavy atom. The van der Waals surface area contributed by atoms with Crippen LogP contribution < -0.4 is 14.8 Å². The molecule has 0 fully saturated rings. The van der Waals surface area contributed by atoms with Gasteiger partial charge in [-0.1, -0.05) is 24.6 Å². The molecule has 10 nitrogen and oxygen atoms in total. The van der Waals surface area contributed by atoms with Crippen molar-refractivity contribution in [2.24, 2.45) is 5.92 Å². The highest BCUT2D eigenvalue weighted by atomic mass is 35.5. The molecule has 0 aromatic heterocycles. The third-order valence-electron chi connectivity index (χ3n) is 6.96. The Balaban J connectivity index is 1.68. The number of anilines is 2. The Hall–Kier alpha value is -3.87. The monoisotopic (exact) mass is 618 g/mol. The number of nitrogens with one attached hydrogen (secondary N) is 2. The molecule has 3 N–H and O–H groups in total. The maximum absolute atomic E-state index is 13.7. The summed E-state index contributed by atoms with van der Waals surface area (Å²) >= 11 is 5.92. The van der Waals surface area contributed by atoms with E-state index < -0.39 is 39.9 Å². The van der Waals surface area contributed by atoms with Crippen LogP contribution in [0, 0.1) is 11.7 Å². The van der Waals surface area contributed by atoms with E-state index in [1.807, 2.05) is 6.92 Å². The van der Waals surface area contributed by atoms with Crippen molar-refractivity contribution < 1.29 is 32.2 Å². The van der Waals surface area contributed by atoms with Gasteiger partial charge in [0.05, 0.1) is 35.3 Å². The minimum Gasteiger partial charge on any atom is -0.485 e. The van der Waals surface area contributed by atoms with Crippen molar-refractivity contribution in [1.82, 2.24) is 9.80 Å². The van der Waals surface area contributed by atoms with Gasteiger partial charge in [0, 0.05) is 30.2 Å². The van der Waals surface area contributed by atoms with Crippen LogP contribution in [0.25, 0.3) is 0 Å². The number of nitrogens with zero attached hydrogens (tertiary/aromatic N) is 2. The number of benzene rings is 3. The molecule has 0 unspecified atom stereocenters. The number of fused-ring (bicyclic) bond motifs is 1. The van der Waals surface area contributed by atoms with E-state index in [9.17, 15) is 27.5 Å². The van der Waals surface area contributed by atoms with Gasteiger partial charge in [0.2, 0.25) is 0 Å². The zero-order valence-corrected chi connectivity index (χ0v) is 24.8. The van der Waals surface area contributed by atoms with E-state index in [1.165, 1.54) is 76.5 Å². The number of carbonyl (C=O) groups excluding carboxylic acids is 2. The zero-order chi connectivity index (χ0) is 30.6. The van der Waals surface area contributed by atoms with Crippen molar-refractivity contribution in [1.29, 1.82) is 0 Å². The molecule has 13 heteroatoms. The molecule has 1 aliphatic rings. The first-order valence-corrected chi connectivity index (χ1v) is 15.0. The Kier molecular flexibility index (Phi) is 9.60.